The van der Waals surface area contributed by atoms with E-state index < -0.39 is 0 Å². The largest absolute Gasteiger partial charge is 0.244 e. The van der Waals surface area contributed by atoms with Gasteiger partial charge < -0.3 is 0 Å². The zero-order valence-corrected chi connectivity index (χ0v) is 10.7. The number of halogens is 1. The molecule has 2 nitrogen and oxygen atoms in total. The van der Waals surface area contributed by atoms with Gasteiger partial charge in [0.25, 0.3) is 0 Å². The Bertz CT molecular complexity index is 482. The lowest BCUT2D eigenvalue weighted by Gasteiger charge is -2.02. The van der Waals surface area contributed by atoms with Crippen LogP contribution < -0.4 is 0 Å². The molecule has 0 aliphatic heterocycles. The molecule has 0 bridgehead atoms. The van der Waals surface area contributed by atoms with Gasteiger partial charge in [-0.1, -0.05) is 23.4 Å². The van der Waals surface area contributed by atoms with E-state index in [4.69, 9.17) is 11.6 Å². The molecule has 2 heterocycles. The Morgan fingerprint density at radius 1 is 1.40 bits per heavy atom. The quantitative estimate of drug-likeness (QED) is 0.761. The predicted octanol–water partition coefficient (Wildman–Crippen LogP) is 3.96. The van der Waals surface area contributed by atoms with Crippen molar-refractivity contribution in [3.05, 3.63) is 34.1 Å². The van der Waals surface area contributed by atoms with Crippen LogP contribution in [0.3, 0.4) is 0 Å². The van der Waals surface area contributed by atoms with Gasteiger partial charge in [-0.15, -0.1) is 11.3 Å². The van der Waals surface area contributed by atoms with Gasteiger partial charge in [-0.2, -0.15) is 0 Å². The second-order valence-corrected chi connectivity index (χ2v) is 5.66. The van der Waals surface area contributed by atoms with Crippen LogP contribution in [0.25, 0.3) is 0 Å². The summed E-state index contributed by atoms with van der Waals surface area (Å²) in [6.07, 6.45) is 1.78. The van der Waals surface area contributed by atoms with Crippen molar-refractivity contribution < 1.29 is 0 Å². The monoisotopic (exact) mass is 256 g/mol. The highest BCUT2D eigenvalue weighted by Crippen LogP contribution is 2.33. The molecule has 0 amide bonds. The Morgan fingerprint density at radius 3 is 2.87 bits per heavy atom. The number of pyridine rings is 1. The zero-order valence-electron chi connectivity index (χ0n) is 8.32. The van der Waals surface area contributed by atoms with Crippen molar-refractivity contribution in [3.63, 3.8) is 0 Å². The van der Waals surface area contributed by atoms with Gasteiger partial charge in [0.1, 0.15) is 5.15 Å². The molecule has 0 saturated heterocycles. The average molecular weight is 257 g/mol. The van der Waals surface area contributed by atoms with Crippen molar-refractivity contribution in [1.82, 2.24) is 9.97 Å². The third-order valence-corrected chi connectivity index (χ3v) is 4.24. The second kappa shape index (κ2) is 4.51. The Morgan fingerprint density at radius 2 is 2.20 bits per heavy atom. The molecule has 15 heavy (non-hydrogen) atoms. The van der Waals surface area contributed by atoms with Crippen LogP contribution in [0.5, 0.6) is 0 Å². The summed E-state index contributed by atoms with van der Waals surface area (Å²) >= 11 is 9.13. The van der Waals surface area contributed by atoms with Crippen LogP contribution in [0.1, 0.15) is 11.3 Å². The van der Waals surface area contributed by atoms with E-state index in [-0.39, 0.29) is 0 Å². The summed E-state index contributed by atoms with van der Waals surface area (Å²) in [6, 6.07) is 1.87. The van der Waals surface area contributed by atoms with Gasteiger partial charge in [0.05, 0.1) is 0 Å². The molecule has 0 aliphatic carbocycles. The molecular formula is C10H9ClN2S2. The summed E-state index contributed by atoms with van der Waals surface area (Å²) in [5.41, 5.74) is 2.18. The fraction of sp³-hybridized carbons (Fsp3) is 0.200. The topological polar surface area (TPSA) is 25.8 Å². The number of thiazole rings is 1. The van der Waals surface area contributed by atoms with Gasteiger partial charge in [-0.3, -0.25) is 0 Å². The first-order chi connectivity index (χ1) is 7.15. The van der Waals surface area contributed by atoms with E-state index in [9.17, 15) is 0 Å². The molecule has 78 valence electrons. The maximum Gasteiger partial charge on any atom is 0.154 e. The summed E-state index contributed by atoms with van der Waals surface area (Å²) in [7, 11) is 0. The molecule has 0 aliphatic rings. The molecule has 0 fully saturated rings. The van der Waals surface area contributed by atoms with Crippen LogP contribution in [-0.4, -0.2) is 9.97 Å². The summed E-state index contributed by atoms with van der Waals surface area (Å²) < 4.78 is 1.04. The molecule has 0 aromatic carbocycles. The Balaban J connectivity index is 2.27. The first-order valence-corrected chi connectivity index (χ1v) is 6.44. The average Bonchev–Trinajstić information content (AvgIpc) is 2.58. The van der Waals surface area contributed by atoms with E-state index in [1.54, 1.807) is 29.3 Å². The SMILES string of the molecule is Cc1csc(Sc2cc(Cl)ncc2C)n1. The van der Waals surface area contributed by atoms with E-state index in [1.165, 1.54) is 0 Å². The van der Waals surface area contributed by atoms with Crippen LogP contribution in [0, 0.1) is 13.8 Å². The van der Waals surface area contributed by atoms with E-state index in [0.717, 1.165) is 20.5 Å². The van der Waals surface area contributed by atoms with Crippen LogP contribution in [0.2, 0.25) is 5.15 Å². The van der Waals surface area contributed by atoms with Gasteiger partial charge in [0, 0.05) is 22.2 Å². The highest BCUT2D eigenvalue weighted by Gasteiger charge is 2.05. The minimum Gasteiger partial charge on any atom is -0.244 e. The minimum absolute atomic E-state index is 0.524. The first kappa shape index (κ1) is 10.9. The van der Waals surface area contributed by atoms with E-state index in [1.807, 2.05) is 25.3 Å². The lowest BCUT2D eigenvalue weighted by molar-refractivity contribution is 1.14. The van der Waals surface area contributed by atoms with E-state index in [2.05, 4.69) is 9.97 Å². The van der Waals surface area contributed by atoms with Gasteiger partial charge in [0.15, 0.2) is 4.34 Å². The van der Waals surface area contributed by atoms with Crippen molar-refractivity contribution >= 4 is 34.7 Å². The number of hydrogen-bond acceptors (Lipinski definition) is 4. The third kappa shape index (κ3) is 2.71. The maximum atomic E-state index is 5.85. The number of rotatable bonds is 2. The summed E-state index contributed by atoms with van der Waals surface area (Å²) in [6.45, 7) is 4.01. The molecule has 2 rings (SSSR count). The molecule has 2 aromatic heterocycles. The minimum atomic E-state index is 0.524. The summed E-state index contributed by atoms with van der Waals surface area (Å²) in [5, 5.41) is 2.57. The molecule has 0 unspecified atom stereocenters. The number of hydrogen-bond donors (Lipinski definition) is 0. The lowest BCUT2D eigenvalue weighted by Crippen LogP contribution is -1.83. The highest BCUT2D eigenvalue weighted by molar-refractivity contribution is 8.01. The molecule has 0 N–H and O–H groups in total. The molecular weight excluding hydrogens is 248 g/mol. The van der Waals surface area contributed by atoms with Gasteiger partial charge >= 0.3 is 0 Å². The summed E-state index contributed by atoms with van der Waals surface area (Å²) in [4.78, 5) is 9.53. The maximum absolute atomic E-state index is 5.85. The fourth-order valence-electron chi connectivity index (χ4n) is 1.06. The standard InChI is InChI=1S/C10H9ClN2S2/c1-6-4-12-9(11)3-8(6)15-10-13-7(2)5-14-10/h3-5H,1-2H3. The Labute approximate surface area is 102 Å². The molecule has 0 radical (unpaired) electrons. The molecule has 0 atom stereocenters. The van der Waals surface area contributed by atoms with Crippen LogP contribution in [-0.2, 0) is 0 Å². The molecule has 2 aromatic rings. The number of aryl methyl sites for hydroxylation is 2. The van der Waals surface area contributed by atoms with Crippen molar-refractivity contribution in [2.45, 2.75) is 23.1 Å². The Hall–Kier alpha value is -0.580. The van der Waals surface area contributed by atoms with Crippen molar-refractivity contribution in [1.29, 1.82) is 0 Å². The van der Waals surface area contributed by atoms with Crippen molar-refractivity contribution in [2.75, 3.05) is 0 Å². The Kier molecular flexibility index (Phi) is 3.29. The van der Waals surface area contributed by atoms with Gasteiger partial charge in [-0.25, -0.2) is 9.97 Å². The van der Waals surface area contributed by atoms with Crippen molar-refractivity contribution in [2.24, 2.45) is 0 Å². The normalized spacial score (nSPS) is 10.6. The smallest absolute Gasteiger partial charge is 0.154 e. The predicted molar refractivity (Wildman–Crippen MR) is 65.0 cm³/mol. The molecule has 0 spiro atoms. The van der Waals surface area contributed by atoms with Gasteiger partial charge in [0.2, 0.25) is 0 Å². The van der Waals surface area contributed by atoms with E-state index in [0.29, 0.717) is 5.15 Å². The fourth-order valence-corrected chi connectivity index (χ4v) is 3.18. The number of nitrogens with zero attached hydrogens (tertiary/aromatic N) is 2. The van der Waals surface area contributed by atoms with Crippen LogP contribution >= 0.6 is 34.7 Å². The lowest BCUT2D eigenvalue weighted by atomic mass is 10.3. The van der Waals surface area contributed by atoms with Crippen molar-refractivity contribution in [3.8, 4) is 0 Å². The first-order valence-electron chi connectivity index (χ1n) is 4.37. The zero-order chi connectivity index (χ0) is 10.8. The number of aromatic nitrogens is 2. The highest BCUT2D eigenvalue weighted by atomic mass is 35.5. The second-order valence-electron chi connectivity index (χ2n) is 3.13. The van der Waals surface area contributed by atoms with E-state index >= 15 is 0 Å². The molecule has 0 saturated carbocycles. The molecule has 5 heteroatoms. The summed E-state index contributed by atoms with van der Waals surface area (Å²) in [5.74, 6) is 0. The third-order valence-electron chi connectivity index (χ3n) is 1.82. The van der Waals surface area contributed by atoms with Crippen LogP contribution in [0.15, 0.2) is 26.9 Å². The van der Waals surface area contributed by atoms with Gasteiger partial charge in [-0.05, 0) is 25.5 Å². The van der Waals surface area contributed by atoms with Crippen LogP contribution in [0.4, 0.5) is 0 Å².